The van der Waals surface area contributed by atoms with E-state index in [-0.39, 0.29) is 27.0 Å². The minimum absolute atomic E-state index is 0.0235. The van der Waals surface area contributed by atoms with Crippen LogP contribution in [0, 0.1) is 10.1 Å². The molecule has 1 aromatic rings. The average molecular weight is 302 g/mol. The minimum atomic E-state index is -0.695. The van der Waals surface area contributed by atoms with Crippen molar-refractivity contribution in [3.05, 3.63) is 43.6 Å². The fourth-order valence-electron chi connectivity index (χ4n) is 1.46. The SMILES string of the molecule is O=C1NC(=O)/C(=C/c2cc(Cl)c(Cl)cc2[N+](=O)[O-])N1. The van der Waals surface area contributed by atoms with Crippen LogP contribution in [0.25, 0.3) is 6.08 Å². The van der Waals surface area contributed by atoms with Gasteiger partial charge in [0.1, 0.15) is 5.70 Å². The lowest BCUT2D eigenvalue weighted by molar-refractivity contribution is -0.385. The average Bonchev–Trinajstić information content (AvgIpc) is 2.62. The second kappa shape index (κ2) is 4.87. The molecular weight excluding hydrogens is 297 g/mol. The summed E-state index contributed by atoms with van der Waals surface area (Å²) < 4.78 is 0. The lowest BCUT2D eigenvalue weighted by Gasteiger charge is -2.02. The summed E-state index contributed by atoms with van der Waals surface area (Å²) in [5, 5.41) is 15.2. The van der Waals surface area contributed by atoms with Crippen molar-refractivity contribution in [2.24, 2.45) is 0 Å². The Morgan fingerprint density at radius 2 is 1.79 bits per heavy atom. The third-order valence-corrected chi connectivity index (χ3v) is 3.01. The van der Waals surface area contributed by atoms with Crippen molar-refractivity contribution in [2.75, 3.05) is 0 Å². The van der Waals surface area contributed by atoms with Gasteiger partial charge in [0.25, 0.3) is 11.6 Å². The molecule has 0 bridgehead atoms. The summed E-state index contributed by atoms with van der Waals surface area (Å²) in [6.45, 7) is 0. The van der Waals surface area contributed by atoms with Gasteiger partial charge in [-0.05, 0) is 12.1 Å². The molecule has 1 aliphatic rings. The fraction of sp³-hybridized carbons (Fsp3) is 0. The lowest BCUT2D eigenvalue weighted by Crippen LogP contribution is -2.22. The summed E-state index contributed by atoms with van der Waals surface area (Å²) in [5.41, 5.74) is -0.367. The normalized spacial score (nSPS) is 16.4. The number of hydrogen-bond acceptors (Lipinski definition) is 4. The van der Waals surface area contributed by atoms with Gasteiger partial charge in [0, 0.05) is 6.07 Å². The first-order valence-corrected chi connectivity index (χ1v) is 5.61. The number of hydrogen-bond donors (Lipinski definition) is 2. The summed E-state index contributed by atoms with van der Waals surface area (Å²) >= 11 is 11.5. The van der Waals surface area contributed by atoms with Gasteiger partial charge in [-0.3, -0.25) is 20.2 Å². The van der Waals surface area contributed by atoms with Crippen molar-refractivity contribution in [1.29, 1.82) is 0 Å². The summed E-state index contributed by atoms with van der Waals surface area (Å²) in [4.78, 5) is 32.5. The first-order valence-electron chi connectivity index (χ1n) is 4.86. The maximum absolute atomic E-state index is 11.3. The Bertz CT molecular complexity index is 642. The van der Waals surface area contributed by atoms with Crippen LogP contribution in [-0.2, 0) is 4.79 Å². The number of halogens is 2. The number of amides is 3. The van der Waals surface area contributed by atoms with Crippen molar-refractivity contribution in [3.63, 3.8) is 0 Å². The van der Waals surface area contributed by atoms with Crippen molar-refractivity contribution < 1.29 is 14.5 Å². The zero-order chi connectivity index (χ0) is 14.2. The van der Waals surface area contributed by atoms with Crippen molar-refractivity contribution in [1.82, 2.24) is 10.6 Å². The van der Waals surface area contributed by atoms with Crippen LogP contribution in [0.15, 0.2) is 17.8 Å². The van der Waals surface area contributed by atoms with Gasteiger partial charge in [0.2, 0.25) is 0 Å². The summed E-state index contributed by atoms with van der Waals surface area (Å²) in [6.07, 6.45) is 1.15. The predicted octanol–water partition coefficient (Wildman–Crippen LogP) is 2.08. The molecule has 1 saturated heterocycles. The quantitative estimate of drug-likeness (QED) is 0.378. The van der Waals surface area contributed by atoms with E-state index in [2.05, 4.69) is 5.32 Å². The molecule has 0 aliphatic carbocycles. The van der Waals surface area contributed by atoms with E-state index in [4.69, 9.17) is 23.2 Å². The number of nitrogens with one attached hydrogen (secondary N) is 2. The highest BCUT2D eigenvalue weighted by Crippen LogP contribution is 2.31. The summed E-state index contributed by atoms with van der Waals surface area (Å²) in [6, 6.07) is 1.62. The maximum atomic E-state index is 11.3. The van der Waals surface area contributed by atoms with Crippen LogP contribution in [-0.4, -0.2) is 16.9 Å². The van der Waals surface area contributed by atoms with Gasteiger partial charge in [0.15, 0.2) is 0 Å². The molecule has 7 nitrogen and oxygen atoms in total. The highest BCUT2D eigenvalue weighted by Gasteiger charge is 2.25. The molecule has 0 atom stereocenters. The number of benzene rings is 1. The molecular formula is C10H5Cl2N3O4. The van der Waals surface area contributed by atoms with E-state index in [9.17, 15) is 19.7 Å². The van der Waals surface area contributed by atoms with E-state index in [1.165, 1.54) is 6.07 Å². The Kier molecular flexibility index (Phi) is 3.41. The highest BCUT2D eigenvalue weighted by molar-refractivity contribution is 6.42. The van der Waals surface area contributed by atoms with Crippen LogP contribution in [0.4, 0.5) is 10.5 Å². The Labute approximate surface area is 116 Å². The van der Waals surface area contributed by atoms with Gasteiger partial charge in [-0.25, -0.2) is 4.79 Å². The monoisotopic (exact) mass is 301 g/mol. The molecule has 0 aromatic heterocycles. The molecule has 0 unspecified atom stereocenters. The maximum Gasteiger partial charge on any atom is 0.326 e. The van der Waals surface area contributed by atoms with E-state index < -0.39 is 16.9 Å². The van der Waals surface area contributed by atoms with Crippen LogP contribution >= 0.6 is 23.2 Å². The number of nitro groups is 1. The zero-order valence-corrected chi connectivity index (χ0v) is 10.6. The second-order valence-corrected chi connectivity index (χ2v) is 4.36. The molecule has 2 rings (SSSR count). The predicted molar refractivity (Wildman–Crippen MR) is 67.8 cm³/mol. The van der Waals surface area contributed by atoms with E-state index in [0.717, 1.165) is 12.1 Å². The Balaban J connectivity index is 2.53. The van der Waals surface area contributed by atoms with E-state index in [1.54, 1.807) is 0 Å². The molecule has 0 radical (unpaired) electrons. The van der Waals surface area contributed by atoms with E-state index in [1.807, 2.05) is 5.32 Å². The largest absolute Gasteiger partial charge is 0.326 e. The highest BCUT2D eigenvalue weighted by atomic mass is 35.5. The first-order chi connectivity index (χ1) is 8.88. The Hall–Kier alpha value is -2.12. The third kappa shape index (κ3) is 2.67. The second-order valence-electron chi connectivity index (χ2n) is 3.55. The molecule has 9 heteroatoms. The van der Waals surface area contributed by atoms with Crippen LogP contribution in [0.2, 0.25) is 10.0 Å². The lowest BCUT2D eigenvalue weighted by atomic mass is 10.1. The fourth-order valence-corrected chi connectivity index (χ4v) is 1.79. The number of urea groups is 1. The molecule has 1 aliphatic heterocycles. The zero-order valence-electron chi connectivity index (χ0n) is 9.07. The smallest absolute Gasteiger partial charge is 0.303 e. The van der Waals surface area contributed by atoms with Crippen LogP contribution in [0.1, 0.15) is 5.56 Å². The van der Waals surface area contributed by atoms with Crippen LogP contribution < -0.4 is 10.6 Å². The number of nitro benzene ring substituents is 1. The number of imide groups is 1. The van der Waals surface area contributed by atoms with Crippen molar-refractivity contribution >= 4 is 46.9 Å². The van der Waals surface area contributed by atoms with Gasteiger partial charge >= 0.3 is 6.03 Å². The summed E-state index contributed by atoms with van der Waals surface area (Å²) in [5.74, 6) is -0.676. The molecule has 19 heavy (non-hydrogen) atoms. The topological polar surface area (TPSA) is 101 Å². The van der Waals surface area contributed by atoms with E-state index in [0.29, 0.717) is 0 Å². The molecule has 1 fully saturated rings. The number of carbonyl (C=O) groups excluding carboxylic acids is 2. The number of carbonyl (C=O) groups is 2. The summed E-state index contributed by atoms with van der Waals surface area (Å²) in [7, 11) is 0. The van der Waals surface area contributed by atoms with Gasteiger partial charge < -0.3 is 5.32 Å². The molecule has 98 valence electrons. The standard InChI is InChI=1S/C10H5Cl2N3O4/c11-5-1-4(8(15(18)19)3-6(5)12)2-7-9(16)14-10(17)13-7/h1-3H,(H2,13,14,16,17)/b7-2-. The van der Waals surface area contributed by atoms with Gasteiger partial charge in [0.05, 0.1) is 20.5 Å². The third-order valence-electron chi connectivity index (χ3n) is 2.29. The first kappa shape index (κ1) is 13.3. The molecule has 2 N–H and O–H groups in total. The molecule has 1 heterocycles. The molecule has 0 saturated carbocycles. The molecule has 1 aromatic carbocycles. The van der Waals surface area contributed by atoms with Gasteiger partial charge in [-0.15, -0.1) is 0 Å². The number of nitrogens with zero attached hydrogens (tertiary/aromatic N) is 1. The molecule has 0 spiro atoms. The molecule has 3 amide bonds. The van der Waals surface area contributed by atoms with Crippen LogP contribution in [0.3, 0.4) is 0 Å². The van der Waals surface area contributed by atoms with Gasteiger partial charge in [-0.2, -0.15) is 0 Å². The van der Waals surface area contributed by atoms with Crippen molar-refractivity contribution in [3.8, 4) is 0 Å². The minimum Gasteiger partial charge on any atom is -0.303 e. The Morgan fingerprint density at radius 3 is 2.32 bits per heavy atom. The Morgan fingerprint density at radius 1 is 1.16 bits per heavy atom. The van der Waals surface area contributed by atoms with Gasteiger partial charge in [-0.1, -0.05) is 23.2 Å². The van der Waals surface area contributed by atoms with E-state index >= 15 is 0 Å². The number of rotatable bonds is 2. The van der Waals surface area contributed by atoms with Crippen LogP contribution in [0.5, 0.6) is 0 Å². The van der Waals surface area contributed by atoms with Crippen molar-refractivity contribution in [2.45, 2.75) is 0 Å².